The number of rotatable bonds is 4. The van der Waals surface area contributed by atoms with Crippen LogP contribution in [0.1, 0.15) is 5.56 Å². The van der Waals surface area contributed by atoms with Crippen LogP contribution in [0.5, 0.6) is 5.75 Å². The number of benzene rings is 2. The van der Waals surface area contributed by atoms with E-state index in [1.165, 1.54) is 18.2 Å². The third kappa shape index (κ3) is 3.24. The molecule has 0 radical (unpaired) electrons. The molecule has 0 aliphatic heterocycles. The average molecular weight is 376 g/mol. The third-order valence-corrected chi connectivity index (χ3v) is 3.73. The van der Waals surface area contributed by atoms with Crippen molar-refractivity contribution in [2.45, 2.75) is 6.61 Å². The van der Waals surface area contributed by atoms with Gasteiger partial charge >= 0.3 is 11.3 Å². The van der Waals surface area contributed by atoms with Crippen molar-refractivity contribution in [1.29, 1.82) is 0 Å². The van der Waals surface area contributed by atoms with Crippen LogP contribution >= 0.6 is 15.9 Å². The Labute approximate surface area is 138 Å². The van der Waals surface area contributed by atoms with Gasteiger partial charge in [0.15, 0.2) is 5.75 Å². The molecule has 0 N–H and O–H groups in total. The van der Waals surface area contributed by atoms with Crippen molar-refractivity contribution in [2.75, 3.05) is 0 Å². The summed E-state index contributed by atoms with van der Waals surface area (Å²) in [7, 11) is 0. The molecule has 116 valence electrons. The van der Waals surface area contributed by atoms with E-state index >= 15 is 0 Å². The van der Waals surface area contributed by atoms with Gasteiger partial charge in [0.05, 0.1) is 4.92 Å². The first-order valence-corrected chi connectivity index (χ1v) is 7.42. The predicted molar refractivity (Wildman–Crippen MR) is 87.6 cm³/mol. The quantitative estimate of drug-likeness (QED) is 0.390. The van der Waals surface area contributed by atoms with Crippen LogP contribution in [0.2, 0.25) is 0 Å². The maximum atomic E-state index is 11.7. The molecule has 0 spiro atoms. The highest BCUT2D eigenvalue weighted by molar-refractivity contribution is 9.10. The van der Waals surface area contributed by atoms with Crippen LogP contribution in [0.15, 0.2) is 62.2 Å². The molecule has 0 bridgehead atoms. The van der Waals surface area contributed by atoms with Crippen LogP contribution < -0.4 is 10.4 Å². The number of para-hydroxylation sites is 2. The van der Waals surface area contributed by atoms with E-state index in [4.69, 9.17) is 9.15 Å². The van der Waals surface area contributed by atoms with Crippen molar-refractivity contribution in [3.63, 3.8) is 0 Å². The molecular weight excluding hydrogens is 366 g/mol. The summed E-state index contributed by atoms with van der Waals surface area (Å²) in [6, 6.07) is 12.7. The van der Waals surface area contributed by atoms with Crippen LogP contribution in [-0.4, -0.2) is 4.92 Å². The second kappa shape index (κ2) is 6.21. The van der Waals surface area contributed by atoms with Gasteiger partial charge in [0.2, 0.25) is 0 Å². The minimum Gasteiger partial charge on any atom is -0.482 e. The number of halogens is 1. The van der Waals surface area contributed by atoms with E-state index in [1.54, 1.807) is 24.3 Å². The average Bonchev–Trinajstić information content (AvgIpc) is 2.52. The number of nitro groups is 1. The Kier molecular flexibility index (Phi) is 4.12. The topological polar surface area (TPSA) is 82.6 Å². The lowest BCUT2D eigenvalue weighted by molar-refractivity contribution is -0.385. The Morgan fingerprint density at radius 3 is 2.74 bits per heavy atom. The van der Waals surface area contributed by atoms with Crippen LogP contribution in [-0.2, 0) is 6.61 Å². The first kappa shape index (κ1) is 15.2. The van der Waals surface area contributed by atoms with E-state index in [0.717, 1.165) is 4.47 Å². The maximum Gasteiger partial charge on any atom is 0.336 e. The zero-order chi connectivity index (χ0) is 16.4. The molecule has 0 atom stereocenters. The zero-order valence-corrected chi connectivity index (χ0v) is 13.3. The number of ether oxygens (including phenoxy) is 1. The summed E-state index contributed by atoms with van der Waals surface area (Å²) in [6.07, 6.45) is 0. The number of nitrogens with zero attached hydrogens (tertiary/aromatic N) is 1. The summed E-state index contributed by atoms with van der Waals surface area (Å²) >= 11 is 3.31. The van der Waals surface area contributed by atoms with Crippen molar-refractivity contribution < 1.29 is 14.1 Å². The normalized spacial score (nSPS) is 10.7. The highest BCUT2D eigenvalue weighted by atomic mass is 79.9. The highest BCUT2D eigenvalue weighted by Gasteiger charge is 2.14. The molecule has 7 heteroatoms. The smallest absolute Gasteiger partial charge is 0.336 e. The number of hydrogen-bond acceptors (Lipinski definition) is 5. The van der Waals surface area contributed by atoms with Crippen molar-refractivity contribution >= 4 is 32.6 Å². The molecule has 1 aromatic heterocycles. The van der Waals surface area contributed by atoms with E-state index in [9.17, 15) is 14.9 Å². The lowest BCUT2D eigenvalue weighted by Gasteiger charge is -2.08. The summed E-state index contributed by atoms with van der Waals surface area (Å²) in [5.41, 5.74) is 0.397. The molecule has 3 rings (SSSR count). The zero-order valence-electron chi connectivity index (χ0n) is 11.7. The molecule has 0 amide bonds. The molecule has 2 aromatic carbocycles. The number of hydrogen-bond donors (Lipinski definition) is 0. The molecular formula is C16H10BrNO5. The fraction of sp³-hybridized carbons (Fsp3) is 0.0625. The molecule has 0 aliphatic rings. The van der Waals surface area contributed by atoms with Gasteiger partial charge in [-0.3, -0.25) is 10.1 Å². The molecule has 0 saturated carbocycles. The fourth-order valence-electron chi connectivity index (χ4n) is 2.21. The third-order valence-electron chi connectivity index (χ3n) is 3.24. The molecule has 3 aromatic rings. The van der Waals surface area contributed by atoms with Gasteiger partial charge in [-0.25, -0.2) is 4.79 Å². The Morgan fingerprint density at radius 2 is 1.96 bits per heavy atom. The van der Waals surface area contributed by atoms with Crippen molar-refractivity contribution in [2.24, 2.45) is 0 Å². The van der Waals surface area contributed by atoms with Crippen LogP contribution in [0.25, 0.3) is 11.0 Å². The van der Waals surface area contributed by atoms with E-state index < -0.39 is 10.5 Å². The molecule has 0 unspecified atom stereocenters. The van der Waals surface area contributed by atoms with Gasteiger partial charge in [0, 0.05) is 27.6 Å². The van der Waals surface area contributed by atoms with Crippen LogP contribution in [0.3, 0.4) is 0 Å². The largest absolute Gasteiger partial charge is 0.482 e. The molecule has 23 heavy (non-hydrogen) atoms. The van der Waals surface area contributed by atoms with Crippen molar-refractivity contribution in [3.05, 3.63) is 79.1 Å². The molecule has 0 fully saturated rings. The standard InChI is InChI=1S/C16H10BrNO5/c17-11-5-6-12-10(7-16(19)23-15(12)8-11)9-22-14-4-2-1-3-13(14)18(20)21/h1-8H,9H2. The van der Waals surface area contributed by atoms with Gasteiger partial charge in [-0.15, -0.1) is 0 Å². The predicted octanol–water partition coefficient (Wildman–Crippen LogP) is 4.04. The van der Waals surface area contributed by atoms with E-state index in [0.29, 0.717) is 16.5 Å². The summed E-state index contributed by atoms with van der Waals surface area (Å²) < 4.78 is 11.5. The first-order valence-electron chi connectivity index (χ1n) is 6.63. The van der Waals surface area contributed by atoms with Crippen LogP contribution in [0, 0.1) is 10.1 Å². The van der Waals surface area contributed by atoms with Crippen LogP contribution in [0.4, 0.5) is 5.69 Å². The second-order valence-corrected chi connectivity index (χ2v) is 5.66. The van der Waals surface area contributed by atoms with Gasteiger partial charge < -0.3 is 9.15 Å². The van der Waals surface area contributed by atoms with E-state index in [1.807, 2.05) is 6.07 Å². The second-order valence-electron chi connectivity index (χ2n) is 4.74. The fourth-order valence-corrected chi connectivity index (χ4v) is 2.55. The lowest BCUT2D eigenvalue weighted by atomic mass is 10.1. The maximum absolute atomic E-state index is 11.7. The van der Waals surface area contributed by atoms with Gasteiger partial charge in [0.25, 0.3) is 0 Å². The van der Waals surface area contributed by atoms with E-state index in [-0.39, 0.29) is 18.0 Å². The van der Waals surface area contributed by atoms with Gasteiger partial charge in [-0.05, 0) is 24.3 Å². The number of nitro benzene ring substituents is 1. The monoisotopic (exact) mass is 375 g/mol. The SMILES string of the molecule is O=c1cc(COc2ccccc2[N+](=O)[O-])c2ccc(Br)cc2o1. The van der Waals surface area contributed by atoms with Crippen molar-refractivity contribution in [1.82, 2.24) is 0 Å². The Balaban J connectivity index is 1.97. The minimum atomic E-state index is -0.510. The van der Waals surface area contributed by atoms with Crippen molar-refractivity contribution in [3.8, 4) is 5.75 Å². The summed E-state index contributed by atoms with van der Waals surface area (Å²) in [6.45, 7) is 0.0224. The highest BCUT2D eigenvalue weighted by Crippen LogP contribution is 2.28. The Bertz CT molecular complexity index is 951. The molecule has 0 aliphatic carbocycles. The Morgan fingerprint density at radius 1 is 1.17 bits per heavy atom. The number of fused-ring (bicyclic) bond motifs is 1. The Hall–Kier alpha value is -2.67. The molecule has 6 nitrogen and oxygen atoms in total. The summed E-state index contributed by atoms with van der Waals surface area (Å²) in [5.74, 6) is 0.149. The summed E-state index contributed by atoms with van der Waals surface area (Å²) in [4.78, 5) is 22.1. The minimum absolute atomic E-state index is 0.0224. The first-order chi connectivity index (χ1) is 11.0. The van der Waals surface area contributed by atoms with E-state index in [2.05, 4.69) is 15.9 Å². The summed E-state index contributed by atoms with van der Waals surface area (Å²) in [5, 5.41) is 11.7. The molecule has 0 saturated heterocycles. The lowest BCUT2D eigenvalue weighted by Crippen LogP contribution is -2.05. The van der Waals surface area contributed by atoms with Gasteiger partial charge in [-0.2, -0.15) is 0 Å². The van der Waals surface area contributed by atoms with Gasteiger partial charge in [-0.1, -0.05) is 28.1 Å². The van der Waals surface area contributed by atoms with Gasteiger partial charge in [0.1, 0.15) is 12.2 Å². The molecule has 1 heterocycles.